The van der Waals surface area contributed by atoms with Gasteiger partial charge in [0.2, 0.25) is 0 Å². The first-order valence-electron chi connectivity index (χ1n) is 9.26. The van der Waals surface area contributed by atoms with Crippen molar-refractivity contribution < 1.29 is 4.79 Å². The van der Waals surface area contributed by atoms with Crippen LogP contribution in [-0.4, -0.2) is 11.4 Å². The fraction of sp³-hybridized carbons (Fsp3) is 0.667. The first-order chi connectivity index (χ1) is 10.8. The molecule has 0 heterocycles. The molecule has 0 spiro atoms. The smallest absolute Gasteiger partial charge is 0.251 e. The summed E-state index contributed by atoms with van der Waals surface area (Å²) in [6, 6.07) is 8.20. The number of carbonyl (C=O) groups excluding carboxylic acids is 1. The largest absolute Gasteiger partial charge is 0.347 e. The third-order valence-electron chi connectivity index (χ3n) is 6.43. The molecule has 23 heavy (non-hydrogen) atoms. The predicted molar refractivity (Wildman–Crippen MR) is 93.5 cm³/mol. The topological polar surface area (TPSA) is 29.1 Å². The van der Waals surface area contributed by atoms with Crippen molar-refractivity contribution in [2.75, 3.05) is 0 Å². The molecule has 0 aromatic heterocycles. The molecule has 4 bridgehead atoms. The highest BCUT2D eigenvalue weighted by Crippen LogP contribution is 2.55. The fourth-order valence-corrected chi connectivity index (χ4v) is 5.70. The Morgan fingerprint density at radius 2 is 1.43 bits per heavy atom. The highest BCUT2D eigenvalue weighted by Gasteiger charge is 2.51. The lowest BCUT2D eigenvalue weighted by Crippen LogP contribution is -2.59. The summed E-state index contributed by atoms with van der Waals surface area (Å²) < 4.78 is 0. The summed E-state index contributed by atoms with van der Waals surface area (Å²) >= 11 is 0. The Morgan fingerprint density at radius 1 is 0.957 bits per heavy atom. The fourth-order valence-electron chi connectivity index (χ4n) is 5.70. The van der Waals surface area contributed by atoms with Gasteiger partial charge in [-0.05, 0) is 79.4 Å². The monoisotopic (exact) mass is 311 g/mol. The maximum atomic E-state index is 12.8. The predicted octanol–water partition coefficient (Wildman–Crippen LogP) is 4.68. The minimum absolute atomic E-state index is 0.106. The quantitative estimate of drug-likeness (QED) is 0.844. The van der Waals surface area contributed by atoms with Crippen LogP contribution < -0.4 is 5.32 Å². The van der Waals surface area contributed by atoms with Gasteiger partial charge in [0.25, 0.3) is 5.91 Å². The molecule has 5 rings (SSSR count). The molecule has 4 aliphatic rings. The second-order valence-electron chi connectivity index (χ2n) is 9.48. The van der Waals surface area contributed by atoms with Gasteiger partial charge in [0, 0.05) is 11.1 Å². The van der Waals surface area contributed by atoms with Crippen LogP contribution in [0.5, 0.6) is 0 Å². The molecule has 4 aliphatic carbocycles. The lowest BCUT2D eigenvalue weighted by atomic mass is 9.53. The summed E-state index contributed by atoms with van der Waals surface area (Å²) in [5.41, 5.74) is 2.33. The molecule has 2 nitrogen and oxygen atoms in total. The van der Waals surface area contributed by atoms with Gasteiger partial charge >= 0.3 is 0 Å². The van der Waals surface area contributed by atoms with E-state index in [1.807, 2.05) is 12.1 Å². The normalized spacial score (nSPS) is 35.3. The van der Waals surface area contributed by atoms with Crippen LogP contribution in [0.2, 0.25) is 0 Å². The van der Waals surface area contributed by atoms with E-state index in [0.29, 0.717) is 0 Å². The Kier molecular flexibility index (Phi) is 3.37. The SMILES string of the molecule is CC(C)(C)c1ccc(C(=O)NC23CC4CC(CC(C4)C2)C3)cc1. The van der Waals surface area contributed by atoms with Crippen molar-refractivity contribution in [1.29, 1.82) is 0 Å². The summed E-state index contributed by atoms with van der Waals surface area (Å²) in [5.74, 6) is 2.73. The first-order valence-corrected chi connectivity index (χ1v) is 9.26. The van der Waals surface area contributed by atoms with Crippen molar-refractivity contribution in [2.45, 2.75) is 70.3 Å². The van der Waals surface area contributed by atoms with Gasteiger partial charge in [0.15, 0.2) is 0 Å². The zero-order valence-electron chi connectivity index (χ0n) is 14.7. The Labute approximate surface area is 140 Å². The zero-order chi connectivity index (χ0) is 16.2. The molecule has 4 fully saturated rings. The van der Waals surface area contributed by atoms with Gasteiger partial charge in [0.05, 0.1) is 0 Å². The Balaban J connectivity index is 1.50. The van der Waals surface area contributed by atoms with E-state index in [0.717, 1.165) is 23.3 Å². The van der Waals surface area contributed by atoms with Gasteiger partial charge in [-0.1, -0.05) is 32.9 Å². The minimum atomic E-state index is 0.106. The van der Waals surface area contributed by atoms with Crippen LogP contribution >= 0.6 is 0 Å². The molecule has 0 aliphatic heterocycles. The summed E-state index contributed by atoms with van der Waals surface area (Å²) in [6.45, 7) is 6.62. The molecule has 2 heteroatoms. The van der Waals surface area contributed by atoms with Crippen molar-refractivity contribution in [2.24, 2.45) is 17.8 Å². The second-order valence-corrected chi connectivity index (χ2v) is 9.48. The van der Waals surface area contributed by atoms with Gasteiger partial charge in [0.1, 0.15) is 0 Å². The molecular weight excluding hydrogens is 282 g/mol. The molecular formula is C21H29NO. The highest BCUT2D eigenvalue weighted by atomic mass is 16.1. The Bertz CT molecular complexity index is 572. The maximum Gasteiger partial charge on any atom is 0.251 e. The zero-order valence-corrected chi connectivity index (χ0v) is 14.7. The number of nitrogens with one attached hydrogen (secondary N) is 1. The van der Waals surface area contributed by atoms with Crippen LogP contribution in [0.15, 0.2) is 24.3 Å². The second kappa shape index (κ2) is 5.09. The van der Waals surface area contributed by atoms with Crippen molar-refractivity contribution in [3.63, 3.8) is 0 Å². The molecule has 124 valence electrons. The van der Waals surface area contributed by atoms with E-state index in [-0.39, 0.29) is 16.9 Å². The van der Waals surface area contributed by atoms with Crippen molar-refractivity contribution in [1.82, 2.24) is 5.32 Å². The van der Waals surface area contributed by atoms with E-state index in [2.05, 4.69) is 38.2 Å². The van der Waals surface area contributed by atoms with Gasteiger partial charge < -0.3 is 5.32 Å². The molecule has 1 N–H and O–H groups in total. The van der Waals surface area contributed by atoms with Crippen LogP contribution in [0.3, 0.4) is 0 Å². The number of carbonyl (C=O) groups is 1. The number of hydrogen-bond donors (Lipinski definition) is 1. The lowest BCUT2D eigenvalue weighted by Gasteiger charge is -2.56. The van der Waals surface area contributed by atoms with E-state index >= 15 is 0 Å². The molecule has 1 aromatic rings. The van der Waals surface area contributed by atoms with E-state index in [1.165, 1.54) is 44.1 Å². The minimum Gasteiger partial charge on any atom is -0.347 e. The third-order valence-corrected chi connectivity index (χ3v) is 6.43. The van der Waals surface area contributed by atoms with E-state index in [1.54, 1.807) is 0 Å². The van der Waals surface area contributed by atoms with Crippen LogP contribution in [0.25, 0.3) is 0 Å². The number of benzene rings is 1. The summed E-state index contributed by atoms with van der Waals surface area (Å²) in [6.07, 6.45) is 7.88. The standard InChI is InChI=1S/C21H29NO/c1-20(2,3)18-6-4-17(5-7-18)19(23)22-21-11-14-8-15(12-21)10-16(9-14)13-21/h4-7,14-16H,8-13H2,1-3H3,(H,22,23). The summed E-state index contributed by atoms with van der Waals surface area (Å²) in [7, 11) is 0. The average molecular weight is 311 g/mol. The summed E-state index contributed by atoms with van der Waals surface area (Å²) in [5, 5.41) is 3.46. The van der Waals surface area contributed by atoms with Gasteiger partial charge in [-0.15, -0.1) is 0 Å². The van der Waals surface area contributed by atoms with Gasteiger partial charge in [-0.2, -0.15) is 0 Å². The molecule has 0 unspecified atom stereocenters. The van der Waals surface area contributed by atoms with E-state index in [9.17, 15) is 4.79 Å². The lowest BCUT2D eigenvalue weighted by molar-refractivity contribution is -0.0167. The molecule has 0 saturated heterocycles. The van der Waals surface area contributed by atoms with Crippen molar-refractivity contribution in [3.8, 4) is 0 Å². The van der Waals surface area contributed by atoms with Gasteiger partial charge in [-0.3, -0.25) is 4.79 Å². The van der Waals surface area contributed by atoms with Crippen molar-refractivity contribution in [3.05, 3.63) is 35.4 Å². The van der Waals surface area contributed by atoms with Gasteiger partial charge in [-0.25, -0.2) is 0 Å². The van der Waals surface area contributed by atoms with Crippen LogP contribution in [0.1, 0.15) is 75.2 Å². The van der Waals surface area contributed by atoms with Crippen LogP contribution in [0.4, 0.5) is 0 Å². The van der Waals surface area contributed by atoms with E-state index < -0.39 is 0 Å². The molecule has 4 saturated carbocycles. The number of rotatable bonds is 2. The van der Waals surface area contributed by atoms with Crippen LogP contribution in [-0.2, 0) is 5.41 Å². The molecule has 1 aromatic carbocycles. The molecule has 0 atom stereocenters. The maximum absolute atomic E-state index is 12.8. The Hall–Kier alpha value is -1.31. The third kappa shape index (κ3) is 2.81. The summed E-state index contributed by atoms with van der Waals surface area (Å²) in [4.78, 5) is 12.8. The highest BCUT2D eigenvalue weighted by molar-refractivity contribution is 5.94. The Morgan fingerprint density at radius 3 is 1.87 bits per heavy atom. The number of hydrogen-bond acceptors (Lipinski definition) is 1. The first kappa shape index (κ1) is 15.2. The molecule has 1 amide bonds. The molecule has 0 radical (unpaired) electrons. The van der Waals surface area contributed by atoms with Crippen LogP contribution in [0, 0.1) is 17.8 Å². The average Bonchev–Trinajstić information content (AvgIpc) is 2.44. The van der Waals surface area contributed by atoms with E-state index in [4.69, 9.17) is 0 Å². The number of amides is 1. The van der Waals surface area contributed by atoms with Crippen molar-refractivity contribution >= 4 is 5.91 Å².